The summed E-state index contributed by atoms with van der Waals surface area (Å²) in [6, 6.07) is 5.83. The third-order valence-corrected chi connectivity index (χ3v) is 8.56. The monoisotopic (exact) mass is 590 g/mol. The molecule has 216 valence electrons. The van der Waals surface area contributed by atoms with Gasteiger partial charge in [-0.2, -0.15) is 5.10 Å². The summed E-state index contributed by atoms with van der Waals surface area (Å²) in [6.07, 6.45) is 0.354. The molecule has 0 saturated carbocycles. The second-order valence-corrected chi connectivity index (χ2v) is 11.1. The van der Waals surface area contributed by atoms with Crippen LogP contribution in [0.1, 0.15) is 35.8 Å². The average Bonchev–Trinajstić information content (AvgIpc) is 3.52. The summed E-state index contributed by atoms with van der Waals surface area (Å²) >= 11 is 6.44. The van der Waals surface area contributed by atoms with Crippen molar-refractivity contribution in [1.29, 1.82) is 0 Å². The molecule has 0 radical (unpaired) electrons. The first-order chi connectivity index (χ1) is 19.5. The molecule has 3 aromatic rings. The van der Waals surface area contributed by atoms with Crippen LogP contribution in [0.3, 0.4) is 0 Å². The van der Waals surface area contributed by atoms with Crippen LogP contribution in [0.5, 0.6) is 0 Å². The Morgan fingerprint density at radius 2 is 1.93 bits per heavy atom. The summed E-state index contributed by atoms with van der Waals surface area (Å²) in [6.45, 7) is 0.371. The molecule has 2 saturated heterocycles. The Morgan fingerprint density at radius 3 is 2.66 bits per heavy atom. The van der Waals surface area contributed by atoms with Gasteiger partial charge in [0, 0.05) is 32.1 Å². The number of fused-ring (bicyclic) bond motifs is 3. The van der Waals surface area contributed by atoms with Gasteiger partial charge in [0.1, 0.15) is 29.7 Å². The first kappa shape index (κ1) is 27.5. The minimum absolute atomic E-state index is 0.0579. The Labute approximate surface area is 237 Å². The number of alkyl halides is 2. The molecule has 3 aliphatic heterocycles. The quantitative estimate of drug-likeness (QED) is 0.500. The smallest absolute Gasteiger partial charge is 0.272 e. The predicted molar refractivity (Wildman–Crippen MR) is 141 cm³/mol. The number of amides is 3. The number of rotatable bonds is 4. The molecule has 2 aromatic heterocycles. The minimum Gasteiger partial charge on any atom is -0.368 e. The van der Waals surface area contributed by atoms with Gasteiger partial charge in [-0.25, -0.2) is 18.2 Å². The molecule has 0 bridgehead atoms. The highest BCUT2D eigenvalue weighted by Crippen LogP contribution is 2.51. The maximum Gasteiger partial charge on any atom is 0.272 e. The van der Waals surface area contributed by atoms with Crippen LogP contribution < -0.4 is 4.90 Å². The average molecular weight is 591 g/mol. The van der Waals surface area contributed by atoms with Gasteiger partial charge in [-0.05, 0) is 37.1 Å². The number of anilines is 1. The zero-order chi connectivity index (χ0) is 29.1. The Morgan fingerprint density at radius 1 is 1.17 bits per heavy atom. The van der Waals surface area contributed by atoms with Crippen molar-refractivity contribution < 1.29 is 32.3 Å². The van der Waals surface area contributed by atoms with E-state index in [9.17, 15) is 27.6 Å². The Hall–Kier alpha value is -3.71. The molecule has 5 heterocycles. The molecule has 0 aliphatic carbocycles. The number of aromatic nitrogens is 3. The third kappa shape index (κ3) is 4.60. The van der Waals surface area contributed by atoms with Crippen molar-refractivity contribution in [3.8, 4) is 0 Å². The summed E-state index contributed by atoms with van der Waals surface area (Å²) < 4.78 is 47.6. The summed E-state index contributed by atoms with van der Waals surface area (Å²) in [5, 5.41) is 6.48. The number of morpholine rings is 1. The van der Waals surface area contributed by atoms with Gasteiger partial charge in [0.25, 0.3) is 11.8 Å². The number of nitrogens with one attached hydrogen (secondary N) is 1. The van der Waals surface area contributed by atoms with Crippen LogP contribution in [-0.4, -0.2) is 94.1 Å². The fourth-order valence-electron chi connectivity index (χ4n) is 5.94. The van der Waals surface area contributed by atoms with Gasteiger partial charge < -0.3 is 19.4 Å². The van der Waals surface area contributed by atoms with E-state index in [2.05, 4.69) is 15.2 Å². The number of aromatic amines is 1. The molecule has 1 atom stereocenters. The molecule has 14 heteroatoms. The van der Waals surface area contributed by atoms with E-state index in [4.69, 9.17) is 16.3 Å². The molecule has 3 aliphatic rings. The minimum atomic E-state index is -3.14. The van der Waals surface area contributed by atoms with E-state index in [-0.39, 0.29) is 67.8 Å². The van der Waals surface area contributed by atoms with Crippen molar-refractivity contribution >= 4 is 46.0 Å². The lowest BCUT2D eigenvalue weighted by Crippen LogP contribution is -2.55. The number of hydrogen-bond acceptors (Lipinski definition) is 6. The van der Waals surface area contributed by atoms with Gasteiger partial charge in [0.15, 0.2) is 0 Å². The topological polar surface area (TPSA) is 112 Å². The molecule has 2 fully saturated rings. The van der Waals surface area contributed by atoms with E-state index in [0.717, 1.165) is 13.0 Å². The van der Waals surface area contributed by atoms with Crippen molar-refractivity contribution in [2.75, 3.05) is 44.2 Å². The highest BCUT2D eigenvalue weighted by molar-refractivity contribution is 6.33. The zero-order valence-electron chi connectivity index (χ0n) is 22.0. The normalized spacial score (nSPS) is 20.7. The third-order valence-electron chi connectivity index (χ3n) is 8.19. The number of benzene rings is 1. The maximum atomic E-state index is 14.7. The maximum absolute atomic E-state index is 14.7. The van der Waals surface area contributed by atoms with E-state index in [1.807, 2.05) is 0 Å². The molecule has 41 heavy (non-hydrogen) atoms. The van der Waals surface area contributed by atoms with Crippen molar-refractivity contribution in [3.63, 3.8) is 0 Å². The molecular formula is C27H26ClF3N6O4. The van der Waals surface area contributed by atoms with Crippen molar-refractivity contribution in [3.05, 3.63) is 52.6 Å². The highest BCUT2D eigenvalue weighted by atomic mass is 35.5. The fourth-order valence-corrected chi connectivity index (χ4v) is 6.28. The van der Waals surface area contributed by atoms with Gasteiger partial charge in [-0.15, -0.1) is 0 Å². The van der Waals surface area contributed by atoms with Crippen LogP contribution in [-0.2, 0) is 19.7 Å². The number of H-pyrrole nitrogens is 1. The number of ether oxygens (including phenoxy) is 1. The van der Waals surface area contributed by atoms with E-state index < -0.39 is 41.6 Å². The Bertz CT molecular complexity index is 1550. The highest BCUT2D eigenvalue weighted by Gasteiger charge is 2.55. The number of nitrogens with zero attached hydrogens (tertiary/aromatic N) is 5. The van der Waals surface area contributed by atoms with Crippen LogP contribution in [0, 0.1) is 5.82 Å². The number of piperidine rings is 1. The Kier molecular flexibility index (Phi) is 6.68. The second-order valence-electron chi connectivity index (χ2n) is 10.7. The summed E-state index contributed by atoms with van der Waals surface area (Å²) in [5.41, 5.74) is 0.785. The standard InChI is InChI=1S/C27H26ClF3N6O4/c1-26(30,31)20-13-36(10-11-41-20)21(38)14-37-19-5-2-15(29)23(28)22(19)27(25(37)40)6-8-35(9-7-27)24(39)17-4-3-16-18(33-17)12-32-34-16/h2-5,12,20H,6-11,13-14H2,1H3,(H,32,34). The van der Waals surface area contributed by atoms with Crippen LogP contribution in [0.4, 0.5) is 18.9 Å². The van der Waals surface area contributed by atoms with Gasteiger partial charge in [-0.3, -0.25) is 19.5 Å². The van der Waals surface area contributed by atoms with Crippen molar-refractivity contribution in [1.82, 2.24) is 25.0 Å². The van der Waals surface area contributed by atoms with Crippen LogP contribution in [0.2, 0.25) is 5.02 Å². The van der Waals surface area contributed by atoms with E-state index in [1.54, 1.807) is 17.0 Å². The number of pyridine rings is 1. The largest absolute Gasteiger partial charge is 0.368 e. The molecule has 1 unspecified atom stereocenters. The second kappa shape index (κ2) is 9.98. The van der Waals surface area contributed by atoms with Crippen molar-refractivity contribution in [2.45, 2.75) is 37.2 Å². The van der Waals surface area contributed by atoms with Crippen LogP contribution in [0.15, 0.2) is 30.5 Å². The summed E-state index contributed by atoms with van der Waals surface area (Å²) in [5.74, 6) is -5.14. The van der Waals surface area contributed by atoms with Gasteiger partial charge in [0.05, 0.1) is 41.0 Å². The molecule has 6 rings (SSSR count). The fraction of sp³-hybridized carbons (Fsp3) is 0.444. The van der Waals surface area contributed by atoms with Gasteiger partial charge in [0.2, 0.25) is 11.8 Å². The molecule has 10 nitrogen and oxygen atoms in total. The number of carbonyl (C=O) groups is 3. The van der Waals surface area contributed by atoms with Gasteiger partial charge >= 0.3 is 0 Å². The lowest BCUT2D eigenvalue weighted by atomic mass is 9.73. The van der Waals surface area contributed by atoms with E-state index in [0.29, 0.717) is 16.7 Å². The van der Waals surface area contributed by atoms with Crippen LogP contribution in [0.25, 0.3) is 11.0 Å². The first-order valence-corrected chi connectivity index (χ1v) is 13.5. The number of likely N-dealkylation sites (tertiary alicyclic amines) is 1. The number of halogens is 4. The molecule has 1 spiro atoms. The lowest BCUT2D eigenvalue weighted by Gasteiger charge is -2.39. The zero-order valence-corrected chi connectivity index (χ0v) is 22.8. The Balaban J connectivity index is 1.24. The van der Waals surface area contributed by atoms with Crippen molar-refractivity contribution in [2.24, 2.45) is 0 Å². The number of carbonyl (C=O) groups excluding carboxylic acids is 3. The molecule has 1 N–H and O–H groups in total. The predicted octanol–water partition coefficient (Wildman–Crippen LogP) is 3.15. The SMILES string of the molecule is CC(F)(F)C1CN(C(=O)CN2C(=O)C3(CCN(C(=O)c4ccc5[nH]ncc5n4)CC3)c3c2ccc(F)c3Cl)CCO1. The van der Waals surface area contributed by atoms with Crippen LogP contribution >= 0.6 is 11.6 Å². The molecule has 3 amide bonds. The molecule has 1 aromatic carbocycles. The molecular weight excluding hydrogens is 565 g/mol. The summed E-state index contributed by atoms with van der Waals surface area (Å²) in [4.78, 5) is 48.9. The number of hydrogen-bond donors (Lipinski definition) is 1. The van der Waals surface area contributed by atoms with E-state index in [1.165, 1.54) is 22.1 Å². The summed E-state index contributed by atoms with van der Waals surface area (Å²) in [7, 11) is 0. The lowest BCUT2D eigenvalue weighted by molar-refractivity contribution is -0.166. The first-order valence-electron chi connectivity index (χ1n) is 13.2. The van der Waals surface area contributed by atoms with Gasteiger partial charge in [-0.1, -0.05) is 11.6 Å². The van der Waals surface area contributed by atoms with E-state index >= 15 is 0 Å².